The van der Waals surface area contributed by atoms with E-state index in [9.17, 15) is 4.39 Å². The SMILES string of the molecule is COc1ccc(CNC(=S)N(Cc2ccc(F)cc2)C2CC2)cc1. The first-order chi connectivity index (χ1) is 11.7. The molecule has 3 nitrogen and oxygen atoms in total. The molecule has 0 radical (unpaired) electrons. The number of thiocarbonyl (C=S) groups is 1. The Bertz CT molecular complexity index is 684. The summed E-state index contributed by atoms with van der Waals surface area (Å²) in [7, 11) is 1.66. The van der Waals surface area contributed by atoms with Crippen LogP contribution in [0.4, 0.5) is 4.39 Å². The molecule has 0 aliphatic heterocycles. The van der Waals surface area contributed by atoms with Crippen molar-refractivity contribution in [3.05, 3.63) is 65.5 Å². The first-order valence-electron chi connectivity index (χ1n) is 8.07. The van der Waals surface area contributed by atoms with Crippen molar-refractivity contribution in [3.63, 3.8) is 0 Å². The predicted molar refractivity (Wildman–Crippen MR) is 97.4 cm³/mol. The molecule has 0 bridgehead atoms. The highest BCUT2D eigenvalue weighted by Gasteiger charge is 2.30. The third-order valence-corrected chi connectivity index (χ3v) is 4.50. The van der Waals surface area contributed by atoms with Gasteiger partial charge in [0.25, 0.3) is 0 Å². The number of methoxy groups -OCH3 is 1. The molecule has 0 saturated heterocycles. The Morgan fingerprint density at radius 2 is 1.75 bits per heavy atom. The van der Waals surface area contributed by atoms with Crippen LogP contribution in [0.2, 0.25) is 0 Å². The van der Waals surface area contributed by atoms with E-state index in [0.29, 0.717) is 19.1 Å². The maximum atomic E-state index is 13.1. The smallest absolute Gasteiger partial charge is 0.169 e. The van der Waals surface area contributed by atoms with Crippen LogP contribution in [-0.2, 0) is 13.1 Å². The molecule has 3 rings (SSSR count). The average Bonchev–Trinajstić information content (AvgIpc) is 3.44. The fourth-order valence-corrected chi connectivity index (χ4v) is 2.85. The van der Waals surface area contributed by atoms with Gasteiger partial charge < -0.3 is 15.0 Å². The van der Waals surface area contributed by atoms with Crippen LogP contribution >= 0.6 is 12.2 Å². The number of nitrogens with one attached hydrogen (secondary N) is 1. The number of benzene rings is 2. The lowest BCUT2D eigenvalue weighted by molar-refractivity contribution is 0.395. The highest BCUT2D eigenvalue weighted by molar-refractivity contribution is 7.80. The molecule has 1 aliphatic rings. The Labute approximate surface area is 147 Å². The Morgan fingerprint density at radius 1 is 1.12 bits per heavy atom. The summed E-state index contributed by atoms with van der Waals surface area (Å²) in [5, 5.41) is 4.08. The largest absolute Gasteiger partial charge is 0.497 e. The summed E-state index contributed by atoms with van der Waals surface area (Å²) in [5.74, 6) is 0.633. The maximum absolute atomic E-state index is 13.1. The van der Waals surface area contributed by atoms with Crippen molar-refractivity contribution in [1.82, 2.24) is 10.2 Å². The van der Waals surface area contributed by atoms with Gasteiger partial charge in [0.15, 0.2) is 5.11 Å². The van der Waals surface area contributed by atoms with Crippen molar-refractivity contribution in [1.29, 1.82) is 0 Å². The summed E-state index contributed by atoms with van der Waals surface area (Å²) in [5.41, 5.74) is 2.22. The molecular formula is C19H21FN2OS. The second-order valence-electron chi connectivity index (χ2n) is 5.99. The Kier molecular flexibility index (Phi) is 5.30. The minimum atomic E-state index is -0.211. The standard InChI is InChI=1S/C19H21FN2OS/c1-23-18-10-4-14(5-11-18)12-21-19(24)22(17-8-9-17)13-15-2-6-16(20)7-3-15/h2-7,10-11,17H,8-9,12-13H2,1H3,(H,21,24). The van der Waals surface area contributed by atoms with E-state index >= 15 is 0 Å². The quantitative estimate of drug-likeness (QED) is 0.804. The summed E-state index contributed by atoms with van der Waals surface area (Å²) in [6, 6.07) is 15.0. The third-order valence-electron chi connectivity index (χ3n) is 4.12. The van der Waals surface area contributed by atoms with E-state index in [2.05, 4.69) is 10.2 Å². The van der Waals surface area contributed by atoms with Crippen molar-refractivity contribution < 1.29 is 9.13 Å². The van der Waals surface area contributed by atoms with Gasteiger partial charge in [-0.15, -0.1) is 0 Å². The van der Waals surface area contributed by atoms with Crippen LogP contribution in [0.5, 0.6) is 5.75 Å². The van der Waals surface area contributed by atoms with Gasteiger partial charge in [-0.1, -0.05) is 24.3 Å². The summed E-state index contributed by atoms with van der Waals surface area (Å²) in [4.78, 5) is 2.20. The minimum Gasteiger partial charge on any atom is -0.497 e. The van der Waals surface area contributed by atoms with Gasteiger partial charge >= 0.3 is 0 Å². The Balaban J connectivity index is 1.58. The summed E-state index contributed by atoms with van der Waals surface area (Å²) in [6.07, 6.45) is 2.32. The number of halogens is 1. The number of rotatable bonds is 6. The molecule has 126 valence electrons. The zero-order valence-electron chi connectivity index (χ0n) is 13.7. The molecule has 1 fully saturated rings. The fourth-order valence-electron chi connectivity index (χ4n) is 2.56. The van der Waals surface area contributed by atoms with Crippen LogP contribution in [0.3, 0.4) is 0 Å². The molecule has 5 heteroatoms. The number of hydrogen-bond acceptors (Lipinski definition) is 2. The van der Waals surface area contributed by atoms with E-state index in [4.69, 9.17) is 17.0 Å². The highest BCUT2D eigenvalue weighted by atomic mass is 32.1. The molecule has 0 unspecified atom stereocenters. The molecule has 2 aromatic rings. The van der Waals surface area contributed by atoms with Crippen molar-refractivity contribution >= 4 is 17.3 Å². The maximum Gasteiger partial charge on any atom is 0.169 e. The number of ether oxygens (including phenoxy) is 1. The van der Waals surface area contributed by atoms with Gasteiger partial charge in [0.1, 0.15) is 11.6 Å². The van der Waals surface area contributed by atoms with E-state index in [-0.39, 0.29) is 5.82 Å². The summed E-state index contributed by atoms with van der Waals surface area (Å²) in [6.45, 7) is 1.38. The molecular weight excluding hydrogens is 323 g/mol. The van der Waals surface area contributed by atoms with Crippen LogP contribution in [0, 0.1) is 5.82 Å². The number of nitrogens with zero attached hydrogens (tertiary/aromatic N) is 1. The molecule has 1 aliphatic carbocycles. The molecule has 0 heterocycles. The van der Waals surface area contributed by atoms with E-state index in [1.165, 1.54) is 12.1 Å². The zero-order chi connectivity index (χ0) is 16.9. The second-order valence-corrected chi connectivity index (χ2v) is 6.38. The minimum absolute atomic E-state index is 0.211. The molecule has 0 aromatic heterocycles. The van der Waals surface area contributed by atoms with Gasteiger partial charge in [0.2, 0.25) is 0 Å². The second kappa shape index (κ2) is 7.62. The normalized spacial score (nSPS) is 13.4. The lowest BCUT2D eigenvalue weighted by Gasteiger charge is -2.26. The van der Waals surface area contributed by atoms with E-state index < -0.39 is 0 Å². The first kappa shape index (κ1) is 16.7. The van der Waals surface area contributed by atoms with Crippen molar-refractivity contribution in [2.75, 3.05) is 7.11 Å². The van der Waals surface area contributed by atoms with E-state index in [1.54, 1.807) is 7.11 Å². The molecule has 1 N–H and O–H groups in total. The zero-order valence-corrected chi connectivity index (χ0v) is 14.5. The van der Waals surface area contributed by atoms with Crippen molar-refractivity contribution in [2.45, 2.75) is 32.0 Å². The van der Waals surface area contributed by atoms with Crippen molar-refractivity contribution in [3.8, 4) is 5.75 Å². The van der Waals surface area contributed by atoms with Gasteiger partial charge in [0.05, 0.1) is 7.11 Å². The van der Waals surface area contributed by atoms with Crippen LogP contribution in [0.15, 0.2) is 48.5 Å². The third kappa shape index (κ3) is 4.45. The Morgan fingerprint density at radius 3 is 2.33 bits per heavy atom. The lowest BCUT2D eigenvalue weighted by Crippen LogP contribution is -2.40. The predicted octanol–water partition coefficient (Wildman–Crippen LogP) is 3.87. The number of hydrogen-bond donors (Lipinski definition) is 1. The molecule has 0 atom stereocenters. The van der Waals surface area contributed by atoms with Gasteiger partial charge in [0, 0.05) is 19.1 Å². The average molecular weight is 344 g/mol. The van der Waals surface area contributed by atoms with Crippen LogP contribution < -0.4 is 10.1 Å². The topological polar surface area (TPSA) is 24.5 Å². The summed E-state index contributed by atoms with van der Waals surface area (Å²) < 4.78 is 18.2. The lowest BCUT2D eigenvalue weighted by atomic mass is 10.2. The van der Waals surface area contributed by atoms with E-state index in [0.717, 1.165) is 34.8 Å². The van der Waals surface area contributed by atoms with Gasteiger partial charge in [-0.05, 0) is 60.5 Å². The van der Waals surface area contributed by atoms with Gasteiger partial charge in [-0.3, -0.25) is 0 Å². The fraction of sp³-hybridized carbons (Fsp3) is 0.316. The molecule has 0 spiro atoms. The summed E-state index contributed by atoms with van der Waals surface area (Å²) >= 11 is 5.58. The van der Waals surface area contributed by atoms with Gasteiger partial charge in [-0.25, -0.2) is 4.39 Å². The molecule has 1 saturated carbocycles. The first-order valence-corrected chi connectivity index (χ1v) is 8.48. The van der Waals surface area contributed by atoms with Crippen LogP contribution in [0.25, 0.3) is 0 Å². The molecule has 24 heavy (non-hydrogen) atoms. The molecule has 2 aromatic carbocycles. The van der Waals surface area contributed by atoms with Crippen LogP contribution in [-0.4, -0.2) is 23.2 Å². The highest BCUT2D eigenvalue weighted by Crippen LogP contribution is 2.28. The van der Waals surface area contributed by atoms with E-state index in [1.807, 2.05) is 36.4 Å². The van der Waals surface area contributed by atoms with Crippen molar-refractivity contribution in [2.24, 2.45) is 0 Å². The Hall–Kier alpha value is -2.14. The monoisotopic (exact) mass is 344 g/mol. The van der Waals surface area contributed by atoms with Gasteiger partial charge in [-0.2, -0.15) is 0 Å². The van der Waals surface area contributed by atoms with Crippen LogP contribution in [0.1, 0.15) is 24.0 Å². The molecule has 0 amide bonds.